The second-order valence-corrected chi connectivity index (χ2v) is 6.80. The molecule has 5 heteroatoms. The number of carbonyl (C=O) groups excluding carboxylic acids is 1. The minimum absolute atomic E-state index is 0.0993. The maximum Gasteiger partial charge on any atom is 0.255 e. The third kappa shape index (κ3) is 3.38. The summed E-state index contributed by atoms with van der Waals surface area (Å²) in [6, 6.07) is 15.4. The van der Waals surface area contributed by atoms with E-state index < -0.39 is 0 Å². The third-order valence-electron chi connectivity index (χ3n) is 4.79. The summed E-state index contributed by atoms with van der Waals surface area (Å²) in [7, 11) is 0. The Bertz CT molecular complexity index is 927. The lowest BCUT2D eigenvalue weighted by Crippen LogP contribution is -2.11. The average molecular weight is 346 g/mol. The van der Waals surface area contributed by atoms with Gasteiger partial charge in [0.25, 0.3) is 5.91 Å². The molecule has 1 amide bonds. The number of nitrogens with zero attached hydrogens (tertiary/aromatic N) is 3. The molecular weight excluding hydrogens is 324 g/mol. The van der Waals surface area contributed by atoms with Gasteiger partial charge in [0, 0.05) is 29.8 Å². The van der Waals surface area contributed by atoms with Gasteiger partial charge in [0.05, 0.1) is 0 Å². The monoisotopic (exact) mass is 346 g/mol. The van der Waals surface area contributed by atoms with E-state index in [-0.39, 0.29) is 5.91 Å². The van der Waals surface area contributed by atoms with Gasteiger partial charge in [0.2, 0.25) is 0 Å². The Labute approximate surface area is 153 Å². The van der Waals surface area contributed by atoms with Crippen LogP contribution in [0.4, 0.5) is 5.69 Å². The van der Waals surface area contributed by atoms with Gasteiger partial charge in [0.1, 0.15) is 5.82 Å². The van der Waals surface area contributed by atoms with E-state index in [2.05, 4.69) is 20.1 Å². The predicted molar refractivity (Wildman–Crippen MR) is 102 cm³/mol. The predicted octanol–water partition coefficient (Wildman–Crippen LogP) is 4.23. The van der Waals surface area contributed by atoms with Crippen molar-refractivity contribution in [2.24, 2.45) is 0 Å². The molecule has 1 N–H and O–H groups in total. The topological polar surface area (TPSA) is 59.8 Å². The molecule has 0 spiro atoms. The van der Waals surface area contributed by atoms with E-state index in [1.165, 1.54) is 19.3 Å². The van der Waals surface area contributed by atoms with Gasteiger partial charge in [-0.05, 0) is 56.2 Å². The Balaban J connectivity index is 1.52. The number of carbonyl (C=O) groups is 1. The molecule has 0 bridgehead atoms. The zero-order valence-corrected chi connectivity index (χ0v) is 14.9. The Hall–Kier alpha value is -2.95. The lowest BCUT2D eigenvalue weighted by Gasteiger charge is -2.09. The van der Waals surface area contributed by atoms with Crippen LogP contribution in [0.25, 0.3) is 11.4 Å². The molecule has 1 aliphatic heterocycles. The quantitative estimate of drug-likeness (QED) is 0.772. The molecule has 0 saturated heterocycles. The number of amides is 1. The summed E-state index contributed by atoms with van der Waals surface area (Å²) in [5, 5.41) is 11.7. The molecule has 0 saturated carbocycles. The largest absolute Gasteiger partial charge is 0.322 e. The zero-order valence-electron chi connectivity index (χ0n) is 14.9. The van der Waals surface area contributed by atoms with Crippen LogP contribution in [0.2, 0.25) is 0 Å². The zero-order chi connectivity index (χ0) is 17.9. The van der Waals surface area contributed by atoms with E-state index in [0.29, 0.717) is 5.56 Å². The second kappa shape index (κ2) is 7.12. The molecular formula is C21H22N4O. The van der Waals surface area contributed by atoms with Crippen LogP contribution in [0.15, 0.2) is 48.5 Å². The number of aromatic nitrogens is 3. The van der Waals surface area contributed by atoms with Crippen molar-refractivity contribution in [3.05, 3.63) is 65.5 Å². The van der Waals surface area contributed by atoms with Gasteiger partial charge in [-0.15, -0.1) is 10.2 Å². The summed E-state index contributed by atoms with van der Waals surface area (Å²) in [6.07, 6.45) is 4.59. The summed E-state index contributed by atoms with van der Waals surface area (Å²) in [5.41, 5.74) is 3.53. The van der Waals surface area contributed by atoms with Crippen LogP contribution in [0.5, 0.6) is 0 Å². The number of fused-ring (bicyclic) bond motifs is 1. The number of benzene rings is 2. The molecule has 132 valence electrons. The molecule has 1 aromatic heterocycles. The van der Waals surface area contributed by atoms with Gasteiger partial charge in [-0.2, -0.15) is 0 Å². The van der Waals surface area contributed by atoms with Crippen molar-refractivity contribution in [3.63, 3.8) is 0 Å². The van der Waals surface area contributed by atoms with E-state index in [9.17, 15) is 4.79 Å². The first kappa shape index (κ1) is 16.5. The van der Waals surface area contributed by atoms with Gasteiger partial charge in [-0.3, -0.25) is 4.79 Å². The highest BCUT2D eigenvalue weighted by molar-refractivity contribution is 6.04. The van der Waals surface area contributed by atoms with Crippen LogP contribution in [0, 0.1) is 6.92 Å². The summed E-state index contributed by atoms with van der Waals surface area (Å²) in [5.74, 6) is 1.89. The molecule has 0 aliphatic carbocycles. The molecule has 5 nitrogen and oxygen atoms in total. The lowest BCUT2D eigenvalue weighted by atomic mass is 10.1. The van der Waals surface area contributed by atoms with Gasteiger partial charge in [-0.1, -0.05) is 24.1 Å². The van der Waals surface area contributed by atoms with Crippen LogP contribution < -0.4 is 5.32 Å². The van der Waals surface area contributed by atoms with Crippen LogP contribution >= 0.6 is 0 Å². The van der Waals surface area contributed by atoms with E-state index >= 15 is 0 Å². The number of nitrogens with one attached hydrogen (secondary N) is 1. The first-order valence-electron chi connectivity index (χ1n) is 9.11. The third-order valence-corrected chi connectivity index (χ3v) is 4.79. The number of hydrogen-bond acceptors (Lipinski definition) is 3. The Morgan fingerprint density at radius 1 is 1.04 bits per heavy atom. The highest BCUT2D eigenvalue weighted by Crippen LogP contribution is 2.24. The SMILES string of the molecule is Cc1cccc(C(=O)Nc2ccc(-c3nnc4n3CCCCC4)cc2)c1. The first-order chi connectivity index (χ1) is 12.7. The van der Waals surface area contributed by atoms with E-state index in [1.54, 1.807) is 0 Å². The smallest absolute Gasteiger partial charge is 0.255 e. The second-order valence-electron chi connectivity index (χ2n) is 6.80. The molecule has 26 heavy (non-hydrogen) atoms. The van der Waals surface area contributed by atoms with Gasteiger partial charge < -0.3 is 9.88 Å². The minimum atomic E-state index is -0.0993. The van der Waals surface area contributed by atoms with Crippen LogP contribution in [-0.4, -0.2) is 20.7 Å². The van der Waals surface area contributed by atoms with Crippen LogP contribution in [-0.2, 0) is 13.0 Å². The van der Waals surface area contributed by atoms with Crippen molar-refractivity contribution >= 4 is 11.6 Å². The molecule has 0 unspecified atom stereocenters. The fourth-order valence-corrected chi connectivity index (χ4v) is 3.39. The van der Waals surface area contributed by atoms with Crippen LogP contribution in [0.1, 0.15) is 41.0 Å². The van der Waals surface area contributed by atoms with Gasteiger partial charge in [0.15, 0.2) is 5.82 Å². The molecule has 0 atom stereocenters. The van der Waals surface area contributed by atoms with Crippen molar-refractivity contribution < 1.29 is 4.79 Å². The molecule has 0 fully saturated rings. The summed E-state index contributed by atoms with van der Waals surface area (Å²) >= 11 is 0. The minimum Gasteiger partial charge on any atom is -0.322 e. The van der Waals surface area contributed by atoms with Crippen molar-refractivity contribution in [1.82, 2.24) is 14.8 Å². The van der Waals surface area contributed by atoms with Crippen LogP contribution in [0.3, 0.4) is 0 Å². The highest BCUT2D eigenvalue weighted by atomic mass is 16.1. The number of rotatable bonds is 3. The highest BCUT2D eigenvalue weighted by Gasteiger charge is 2.16. The van der Waals surface area contributed by atoms with Crippen molar-refractivity contribution in [1.29, 1.82) is 0 Å². The van der Waals surface area contributed by atoms with Crippen molar-refractivity contribution in [2.75, 3.05) is 5.32 Å². The maximum absolute atomic E-state index is 12.4. The fraction of sp³-hybridized carbons (Fsp3) is 0.286. The van der Waals surface area contributed by atoms with Crippen molar-refractivity contribution in [3.8, 4) is 11.4 Å². The molecule has 4 rings (SSSR count). The van der Waals surface area contributed by atoms with E-state index in [0.717, 1.165) is 41.4 Å². The number of hydrogen-bond donors (Lipinski definition) is 1. The summed E-state index contributed by atoms with van der Waals surface area (Å²) < 4.78 is 2.23. The summed E-state index contributed by atoms with van der Waals surface area (Å²) in [6.45, 7) is 2.95. The fourth-order valence-electron chi connectivity index (χ4n) is 3.39. The maximum atomic E-state index is 12.4. The normalized spacial score (nSPS) is 13.7. The van der Waals surface area contributed by atoms with E-state index in [1.807, 2.05) is 55.5 Å². The average Bonchev–Trinajstić information content (AvgIpc) is 2.90. The molecule has 2 aromatic carbocycles. The molecule has 1 aliphatic rings. The number of anilines is 1. The van der Waals surface area contributed by atoms with Gasteiger partial charge in [-0.25, -0.2) is 0 Å². The lowest BCUT2D eigenvalue weighted by molar-refractivity contribution is 0.102. The standard InChI is InChI=1S/C21H22N4O/c1-15-6-5-7-17(14-15)21(26)22-18-11-9-16(10-12-18)20-24-23-19-8-3-2-4-13-25(19)20/h5-7,9-12,14H,2-4,8,13H2,1H3,(H,22,26). The first-order valence-corrected chi connectivity index (χ1v) is 9.11. The Kier molecular flexibility index (Phi) is 4.52. The molecule has 0 radical (unpaired) electrons. The Morgan fingerprint density at radius 3 is 2.69 bits per heavy atom. The number of aryl methyl sites for hydroxylation is 2. The Morgan fingerprint density at radius 2 is 1.88 bits per heavy atom. The van der Waals surface area contributed by atoms with Gasteiger partial charge >= 0.3 is 0 Å². The molecule has 2 heterocycles. The molecule has 3 aromatic rings. The summed E-state index contributed by atoms with van der Waals surface area (Å²) in [4.78, 5) is 12.4. The van der Waals surface area contributed by atoms with E-state index in [4.69, 9.17) is 0 Å². The van der Waals surface area contributed by atoms with Crippen molar-refractivity contribution in [2.45, 2.75) is 39.2 Å².